The Balaban J connectivity index is 1.84. The van der Waals surface area contributed by atoms with Crippen LogP contribution in [-0.2, 0) is 0 Å². The first-order valence-corrected chi connectivity index (χ1v) is 8.25. The van der Waals surface area contributed by atoms with Crippen LogP contribution in [0, 0.1) is 5.92 Å². The van der Waals surface area contributed by atoms with Crippen molar-refractivity contribution in [2.24, 2.45) is 11.8 Å². The summed E-state index contributed by atoms with van der Waals surface area (Å²) in [6.07, 6.45) is 1.18. The molecule has 104 valence electrons. The number of hydrogen-bond acceptors (Lipinski definition) is 2. The van der Waals surface area contributed by atoms with Gasteiger partial charge < -0.3 is 0 Å². The van der Waals surface area contributed by atoms with Crippen LogP contribution in [0.4, 0.5) is 0 Å². The molecule has 3 rings (SSSR count). The molecular formula is C16H16Br2N2. The summed E-state index contributed by atoms with van der Waals surface area (Å²) in [4.78, 5) is 0. The van der Waals surface area contributed by atoms with Crippen molar-refractivity contribution >= 4 is 31.9 Å². The molecule has 2 nitrogen and oxygen atoms in total. The van der Waals surface area contributed by atoms with Gasteiger partial charge in [0.15, 0.2) is 0 Å². The van der Waals surface area contributed by atoms with Crippen LogP contribution < -0.4 is 11.3 Å². The minimum absolute atomic E-state index is 0.173. The van der Waals surface area contributed by atoms with Crippen molar-refractivity contribution in [3.63, 3.8) is 0 Å². The van der Waals surface area contributed by atoms with Crippen molar-refractivity contribution in [2.45, 2.75) is 18.4 Å². The van der Waals surface area contributed by atoms with Gasteiger partial charge in [-0.3, -0.25) is 11.3 Å². The second-order valence-electron chi connectivity index (χ2n) is 5.23. The highest BCUT2D eigenvalue weighted by molar-refractivity contribution is 9.11. The van der Waals surface area contributed by atoms with Crippen molar-refractivity contribution in [1.82, 2.24) is 5.43 Å². The number of nitrogens with two attached hydrogens (primary N) is 1. The predicted molar refractivity (Wildman–Crippen MR) is 89.2 cm³/mol. The van der Waals surface area contributed by atoms with E-state index in [4.69, 9.17) is 5.84 Å². The minimum Gasteiger partial charge on any atom is -0.271 e. The van der Waals surface area contributed by atoms with Gasteiger partial charge in [-0.25, -0.2) is 0 Å². The quantitative estimate of drug-likeness (QED) is 0.589. The summed E-state index contributed by atoms with van der Waals surface area (Å²) in [6.45, 7) is 0. The lowest BCUT2D eigenvalue weighted by Crippen LogP contribution is -2.30. The van der Waals surface area contributed by atoms with Crippen LogP contribution in [0.1, 0.15) is 29.5 Å². The summed E-state index contributed by atoms with van der Waals surface area (Å²) in [5.74, 6) is 6.97. The highest BCUT2D eigenvalue weighted by Crippen LogP contribution is 2.54. The Bertz CT molecular complexity index is 601. The normalized spacial score (nSPS) is 22.6. The summed E-state index contributed by atoms with van der Waals surface area (Å²) < 4.78 is 2.18. The Labute approximate surface area is 136 Å². The van der Waals surface area contributed by atoms with Gasteiger partial charge in [0.2, 0.25) is 0 Å². The van der Waals surface area contributed by atoms with E-state index in [2.05, 4.69) is 79.8 Å². The van der Waals surface area contributed by atoms with E-state index in [0.29, 0.717) is 11.8 Å². The van der Waals surface area contributed by atoms with E-state index < -0.39 is 0 Å². The topological polar surface area (TPSA) is 38.0 Å². The van der Waals surface area contributed by atoms with Crippen LogP contribution >= 0.6 is 31.9 Å². The maximum absolute atomic E-state index is 5.82. The lowest BCUT2D eigenvalue weighted by atomic mass is 9.99. The molecule has 1 aliphatic carbocycles. The maximum atomic E-state index is 5.82. The Hall–Kier alpha value is -0.680. The summed E-state index contributed by atoms with van der Waals surface area (Å²) in [7, 11) is 0. The molecule has 0 radical (unpaired) electrons. The van der Waals surface area contributed by atoms with Crippen LogP contribution in [0.2, 0.25) is 0 Å². The van der Waals surface area contributed by atoms with Gasteiger partial charge >= 0.3 is 0 Å². The standard InChI is InChI=1S/C16H16Br2N2/c17-11-6-7-15(18)14(8-11)16(20-19)13-9-12(13)10-4-2-1-3-5-10/h1-8,12-13,16,20H,9,19H2. The smallest absolute Gasteiger partial charge is 0.0505 e. The predicted octanol–water partition coefficient (Wildman–Crippen LogP) is 4.52. The summed E-state index contributed by atoms with van der Waals surface area (Å²) >= 11 is 7.16. The van der Waals surface area contributed by atoms with Crippen LogP contribution in [0.25, 0.3) is 0 Å². The number of rotatable bonds is 4. The molecule has 0 spiro atoms. The highest BCUT2D eigenvalue weighted by atomic mass is 79.9. The molecule has 0 amide bonds. The van der Waals surface area contributed by atoms with Gasteiger partial charge in [-0.15, -0.1) is 0 Å². The Morgan fingerprint density at radius 1 is 1.10 bits per heavy atom. The lowest BCUT2D eigenvalue weighted by molar-refractivity contribution is 0.485. The number of benzene rings is 2. The summed E-state index contributed by atoms with van der Waals surface area (Å²) in [6, 6.07) is 17.1. The first-order chi connectivity index (χ1) is 9.70. The summed E-state index contributed by atoms with van der Waals surface area (Å²) in [5, 5.41) is 0. The molecule has 3 atom stereocenters. The fraction of sp³-hybridized carbons (Fsp3) is 0.250. The van der Waals surface area contributed by atoms with Crippen LogP contribution in [0.5, 0.6) is 0 Å². The number of nitrogens with one attached hydrogen (secondary N) is 1. The third kappa shape index (κ3) is 2.84. The molecule has 0 aromatic heterocycles. The maximum Gasteiger partial charge on any atom is 0.0505 e. The van der Waals surface area contributed by atoms with E-state index in [9.17, 15) is 0 Å². The second kappa shape index (κ2) is 5.98. The average Bonchev–Trinajstić information content (AvgIpc) is 3.25. The summed E-state index contributed by atoms with van der Waals surface area (Å²) in [5.41, 5.74) is 5.62. The van der Waals surface area contributed by atoms with Crippen LogP contribution in [0.15, 0.2) is 57.5 Å². The second-order valence-corrected chi connectivity index (χ2v) is 7.00. The molecule has 0 bridgehead atoms. The van der Waals surface area contributed by atoms with E-state index >= 15 is 0 Å². The van der Waals surface area contributed by atoms with E-state index in [1.165, 1.54) is 17.5 Å². The Morgan fingerprint density at radius 2 is 1.85 bits per heavy atom. The molecule has 1 fully saturated rings. The molecule has 1 aliphatic rings. The average molecular weight is 396 g/mol. The number of hydrogen-bond donors (Lipinski definition) is 2. The van der Waals surface area contributed by atoms with E-state index in [0.717, 1.165) is 8.95 Å². The molecular weight excluding hydrogens is 380 g/mol. The van der Waals surface area contributed by atoms with Crippen molar-refractivity contribution in [3.05, 3.63) is 68.6 Å². The Kier molecular flexibility index (Phi) is 4.26. The van der Waals surface area contributed by atoms with Crippen molar-refractivity contribution < 1.29 is 0 Å². The number of halogens is 2. The van der Waals surface area contributed by atoms with Gasteiger partial charge in [0.25, 0.3) is 0 Å². The van der Waals surface area contributed by atoms with Crippen molar-refractivity contribution in [3.8, 4) is 0 Å². The molecule has 4 heteroatoms. The third-order valence-electron chi connectivity index (χ3n) is 3.97. The molecule has 3 N–H and O–H groups in total. The SMILES string of the molecule is NNC(c1cc(Br)ccc1Br)C1CC1c1ccccc1. The molecule has 0 heterocycles. The van der Waals surface area contributed by atoms with E-state index in [-0.39, 0.29) is 6.04 Å². The van der Waals surface area contributed by atoms with Gasteiger partial charge in [0, 0.05) is 8.95 Å². The zero-order valence-electron chi connectivity index (χ0n) is 10.9. The first kappa shape index (κ1) is 14.3. The molecule has 20 heavy (non-hydrogen) atoms. The zero-order chi connectivity index (χ0) is 14.1. The fourth-order valence-electron chi connectivity index (χ4n) is 2.86. The monoisotopic (exact) mass is 394 g/mol. The van der Waals surface area contributed by atoms with Crippen LogP contribution in [-0.4, -0.2) is 0 Å². The van der Waals surface area contributed by atoms with E-state index in [1.54, 1.807) is 0 Å². The van der Waals surface area contributed by atoms with Gasteiger partial charge in [-0.1, -0.05) is 62.2 Å². The van der Waals surface area contributed by atoms with Crippen molar-refractivity contribution in [1.29, 1.82) is 0 Å². The fourth-order valence-corrected chi connectivity index (χ4v) is 3.74. The van der Waals surface area contributed by atoms with Crippen LogP contribution in [0.3, 0.4) is 0 Å². The third-order valence-corrected chi connectivity index (χ3v) is 5.18. The van der Waals surface area contributed by atoms with Gasteiger partial charge in [-0.05, 0) is 47.6 Å². The van der Waals surface area contributed by atoms with Crippen molar-refractivity contribution in [2.75, 3.05) is 0 Å². The van der Waals surface area contributed by atoms with Gasteiger partial charge in [0.05, 0.1) is 6.04 Å². The molecule has 3 unspecified atom stereocenters. The largest absolute Gasteiger partial charge is 0.271 e. The highest BCUT2D eigenvalue weighted by Gasteiger charge is 2.44. The molecule has 1 saturated carbocycles. The molecule has 2 aromatic rings. The Morgan fingerprint density at radius 3 is 2.55 bits per heavy atom. The molecule has 2 aromatic carbocycles. The molecule has 0 aliphatic heterocycles. The number of hydrazine groups is 1. The van der Waals surface area contributed by atoms with Gasteiger partial charge in [0.1, 0.15) is 0 Å². The zero-order valence-corrected chi connectivity index (χ0v) is 14.1. The van der Waals surface area contributed by atoms with Gasteiger partial charge in [-0.2, -0.15) is 0 Å². The molecule has 0 saturated heterocycles. The first-order valence-electron chi connectivity index (χ1n) is 6.66. The lowest BCUT2D eigenvalue weighted by Gasteiger charge is -2.18. The minimum atomic E-state index is 0.173. The van der Waals surface area contributed by atoms with E-state index in [1.807, 2.05) is 6.07 Å².